The molecule has 2 unspecified atom stereocenters. The number of nitrogens with zero attached hydrogens (tertiary/aromatic N) is 3. The van der Waals surface area contributed by atoms with E-state index in [9.17, 15) is 9.59 Å². The molecule has 5 heteroatoms. The molecule has 0 bridgehead atoms. The van der Waals surface area contributed by atoms with Gasteiger partial charge in [-0.3, -0.25) is 14.5 Å². The second kappa shape index (κ2) is 8.73. The largest absolute Gasteiger partial charge is 0.306 e. The Morgan fingerprint density at radius 1 is 0.794 bits per heavy atom. The van der Waals surface area contributed by atoms with Crippen molar-refractivity contribution < 1.29 is 9.59 Å². The van der Waals surface area contributed by atoms with Gasteiger partial charge in [0, 0.05) is 19.1 Å². The standard InChI is InChI=1S/C29H29N3O2/c33-28(20-30-18-22-11-4-5-12-23(22)19-30)32-25-16-8-13-24(25)29(34)31(17-21-9-2-1-3-10-21)26-14-6-7-15-27(26)32/h1-7,9-12,14-15,24-25H,8,13,16-20H2. The van der Waals surface area contributed by atoms with Crippen molar-refractivity contribution in [3.63, 3.8) is 0 Å². The van der Waals surface area contributed by atoms with Gasteiger partial charge in [0.25, 0.3) is 0 Å². The quantitative estimate of drug-likeness (QED) is 0.575. The lowest BCUT2D eigenvalue weighted by molar-refractivity contribution is -0.123. The van der Waals surface area contributed by atoms with Crippen LogP contribution in [0.4, 0.5) is 11.4 Å². The minimum atomic E-state index is -0.157. The Labute approximate surface area is 200 Å². The Hall–Kier alpha value is -3.44. The van der Waals surface area contributed by atoms with Crippen molar-refractivity contribution in [2.75, 3.05) is 16.3 Å². The van der Waals surface area contributed by atoms with Crippen LogP contribution in [0, 0.1) is 5.92 Å². The SMILES string of the molecule is O=C1C2CCCC2N(C(=O)CN2Cc3ccccc3C2)c2ccccc2N1Cc1ccccc1. The zero-order valence-electron chi connectivity index (χ0n) is 19.3. The number of anilines is 2. The van der Waals surface area contributed by atoms with Gasteiger partial charge in [0.1, 0.15) is 0 Å². The number of benzene rings is 3. The molecule has 1 fully saturated rings. The van der Waals surface area contributed by atoms with Gasteiger partial charge in [-0.05, 0) is 41.7 Å². The van der Waals surface area contributed by atoms with Gasteiger partial charge in [0.05, 0.1) is 30.4 Å². The van der Waals surface area contributed by atoms with Crippen LogP contribution in [-0.4, -0.2) is 29.3 Å². The summed E-state index contributed by atoms with van der Waals surface area (Å²) in [4.78, 5) is 33.8. The molecule has 3 aromatic rings. The van der Waals surface area contributed by atoms with E-state index in [4.69, 9.17) is 0 Å². The summed E-state index contributed by atoms with van der Waals surface area (Å²) in [6.07, 6.45) is 2.68. The van der Waals surface area contributed by atoms with E-state index in [1.807, 2.05) is 52.3 Å². The van der Waals surface area contributed by atoms with Crippen molar-refractivity contribution in [1.82, 2.24) is 4.90 Å². The Morgan fingerprint density at radius 2 is 1.44 bits per heavy atom. The van der Waals surface area contributed by atoms with E-state index >= 15 is 0 Å². The average molecular weight is 452 g/mol. The third-order valence-electron chi connectivity index (χ3n) is 7.54. The highest BCUT2D eigenvalue weighted by Crippen LogP contribution is 2.43. The van der Waals surface area contributed by atoms with Crippen molar-refractivity contribution >= 4 is 23.2 Å². The lowest BCUT2D eigenvalue weighted by Crippen LogP contribution is -2.48. The maximum atomic E-state index is 13.9. The molecular formula is C29H29N3O2. The maximum absolute atomic E-state index is 13.9. The van der Waals surface area contributed by atoms with E-state index in [0.717, 1.165) is 49.3 Å². The summed E-state index contributed by atoms with van der Waals surface area (Å²) < 4.78 is 0. The number of para-hydroxylation sites is 2. The molecule has 2 amide bonds. The van der Waals surface area contributed by atoms with Crippen LogP contribution in [0.1, 0.15) is 36.0 Å². The number of carbonyl (C=O) groups excluding carboxylic acids is 2. The van der Waals surface area contributed by atoms with Crippen LogP contribution in [0.25, 0.3) is 0 Å². The summed E-state index contributed by atoms with van der Waals surface area (Å²) in [6.45, 7) is 2.47. The van der Waals surface area contributed by atoms with Gasteiger partial charge in [-0.1, -0.05) is 73.2 Å². The molecule has 0 spiro atoms. The molecule has 2 heterocycles. The van der Waals surface area contributed by atoms with E-state index in [1.165, 1.54) is 11.1 Å². The van der Waals surface area contributed by atoms with Crippen LogP contribution in [0.5, 0.6) is 0 Å². The van der Waals surface area contributed by atoms with E-state index < -0.39 is 0 Å². The Bertz CT molecular complexity index is 1200. The predicted molar refractivity (Wildman–Crippen MR) is 133 cm³/mol. The number of carbonyl (C=O) groups is 2. The first-order valence-corrected chi connectivity index (χ1v) is 12.2. The van der Waals surface area contributed by atoms with Crippen LogP contribution in [0.3, 0.4) is 0 Å². The fourth-order valence-electron chi connectivity index (χ4n) is 5.96. The summed E-state index contributed by atoms with van der Waals surface area (Å²) >= 11 is 0. The molecule has 2 aliphatic heterocycles. The van der Waals surface area contributed by atoms with Gasteiger partial charge in [-0.25, -0.2) is 0 Å². The third kappa shape index (κ3) is 3.70. The van der Waals surface area contributed by atoms with E-state index in [0.29, 0.717) is 13.1 Å². The first-order chi connectivity index (χ1) is 16.7. The highest BCUT2D eigenvalue weighted by Gasteiger charge is 2.45. The minimum Gasteiger partial charge on any atom is -0.306 e. The second-order valence-corrected chi connectivity index (χ2v) is 9.68. The molecule has 34 heavy (non-hydrogen) atoms. The first kappa shape index (κ1) is 21.1. The summed E-state index contributed by atoms with van der Waals surface area (Å²) in [5, 5.41) is 0. The molecule has 6 rings (SSSR count). The zero-order chi connectivity index (χ0) is 23.1. The topological polar surface area (TPSA) is 43.9 Å². The van der Waals surface area contributed by atoms with Crippen molar-refractivity contribution in [1.29, 1.82) is 0 Å². The third-order valence-corrected chi connectivity index (χ3v) is 7.54. The zero-order valence-corrected chi connectivity index (χ0v) is 19.3. The van der Waals surface area contributed by atoms with Gasteiger partial charge in [-0.2, -0.15) is 0 Å². The molecule has 0 saturated heterocycles. The lowest BCUT2D eigenvalue weighted by atomic mass is 10.0. The summed E-state index contributed by atoms with van der Waals surface area (Å²) in [7, 11) is 0. The van der Waals surface area contributed by atoms with Crippen molar-refractivity contribution in [3.8, 4) is 0 Å². The average Bonchev–Trinajstić information content (AvgIpc) is 3.48. The number of hydrogen-bond donors (Lipinski definition) is 0. The fraction of sp³-hybridized carbons (Fsp3) is 0.310. The van der Waals surface area contributed by atoms with Gasteiger partial charge in [0.2, 0.25) is 11.8 Å². The molecular weight excluding hydrogens is 422 g/mol. The predicted octanol–water partition coefficient (Wildman–Crippen LogP) is 4.75. The summed E-state index contributed by atoms with van der Waals surface area (Å²) in [5.74, 6) is 0.0741. The molecule has 0 N–H and O–H groups in total. The number of fused-ring (bicyclic) bond motifs is 3. The van der Waals surface area contributed by atoms with E-state index in [2.05, 4.69) is 41.3 Å². The van der Waals surface area contributed by atoms with Crippen LogP contribution in [0.2, 0.25) is 0 Å². The van der Waals surface area contributed by atoms with Crippen LogP contribution < -0.4 is 9.80 Å². The second-order valence-electron chi connectivity index (χ2n) is 9.68. The lowest BCUT2D eigenvalue weighted by Gasteiger charge is -2.32. The monoisotopic (exact) mass is 451 g/mol. The molecule has 172 valence electrons. The molecule has 5 nitrogen and oxygen atoms in total. The molecule has 1 aliphatic carbocycles. The number of rotatable bonds is 4. The summed E-state index contributed by atoms with van der Waals surface area (Å²) in [6, 6.07) is 26.4. The smallest absolute Gasteiger partial charge is 0.241 e. The molecule has 3 aromatic carbocycles. The fourth-order valence-corrected chi connectivity index (χ4v) is 5.96. The Kier molecular flexibility index (Phi) is 5.42. The first-order valence-electron chi connectivity index (χ1n) is 12.2. The Morgan fingerprint density at radius 3 is 2.18 bits per heavy atom. The normalized spacial score (nSPS) is 21.7. The maximum Gasteiger partial charge on any atom is 0.241 e. The van der Waals surface area contributed by atoms with Crippen LogP contribution >= 0.6 is 0 Å². The highest BCUT2D eigenvalue weighted by atomic mass is 16.2. The molecule has 1 saturated carbocycles. The molecule has 3 aliphatic rings. The van der Waals surface area contributed by atoms with Gasteiger partial charge in [0.15, 0.2) is 0 Å². The molecule has 0 aromatic heterocycles. The Balaban J connectivity index is 1.34. The van der Waals surface area contributed by atoms with Crippen molar-refractivity contribution in [2.24, 2.45) is 5.92 Å². The molecule has 0 radical (unpaired) electrons. The minimum absolute atomic E-state index is 0.0769. The van der Waals surface area contributed by atoms with Crippen molar-refractivity contribution in [2.45, 2.75) is 44.9 Å². The van der Waals surface area contributed by atoms with E-state index in [-0.39, 0.29) is 23.8 Å². The van der Waals surface area contributed by atoms with E-state index in [1.54, 1.807) is 0 Å². The summed E-state index contributed by atoms with van der Waals surface area (Å²) in [5.41, 5.74) is 5.39. The highest BCUT2D eigenvalue weighted by molar-refractivity contribution is 6.07. The molecule has 2 atom stereocenters. The van der Waals surface area contributed by atoms with Gasteiger partial charge >= 0.3 is 0 Å². The number of amides is 2. The van der Waals surface area contributed by atoms with Gasteiger partial charge in [-0.15, -0.1) is 0 Å². The van der Waals surface area contributed by atoms with Crippen LogP contribution in [-0.2, 0) is 29.2 Å². The number of hydrogen-bond acceptors (Lipinski definition) is 3. The van der Waals surface area contributed by atoms with Gasteiger partial charge < -0.3 is 9.80 Å². The van der Waals surface area contributed by atoms with Crippen molar-refractivity contribution in [3.05, 3.63) is 95.6 Å². The van der Waals surface area contributed by atoms with Crippen LogP contribution in [0.15, 0.2) is 78.9 Å².